The van der Waals surface area contributed by atoms with Crippen LogP contribution in [0, 0.1) is 10.1 Å². The van der Waals surface area contributed by atoms with Crippen LogP contribution in [0.4, 0.5) is 5.69 Å². The molecule has 0 bridgehead atoms. The number of likely N-dealkylation sites (N-methyl/N-ethyl adjacent to an activating group) is 2. The maximum Gasteiger partial charge on any atom is 0.289 e. The minimum Gasteiger partial charge on any atom is -0.358 e. The summed E-state index contributed by atoms with van der Waals surface area (Å²) in [6, 6.07) is 3.13. The number of carbonyl (C=O) groups excluding carboxylic acids is 1. The third-order valence-electron chi connectivity index (χ3n) is 2.47. The third-order valence-corrected chi connectivity index (χ3v) is 4.59. The number of benzene rings is 1. The Morgan fingerprint density at radius 3 is 2.60 bits per heavy atom. The first-order valence-corrected chi connectivity index (χ1v) is 7.12. The topological polar surface area (TPSA) is 110 Å². The fraction of sp³-hybridized carbons (Fsp3) is 0.300. The Labute approximate surface area is 120 Å². The van der Waals surface area contributed by atoms with Gasteiger partial charge in [0, 0.05) is 20.2 Å². The van der Waals surface area contributed by atoms with Crippen LogP contribution in [0.3, 0.4) is 0 Å². The first-order chi connectivity index (χ1) is 9.20. The van der Waals surface area contributed by atoms with E-state index >= 15 is 0 Å². The number of amides is 1. The molecule has 0 unspecified atom stereocenters. The zero-order valence-corrected chi connectivity index (χ0v) is 12.2. The van der Waals surface area contributed by atoms with Crippen molar-refractivity contribution in [2.24, 2.45) is 0 Å². The molecule has 110 valence electrons. The summed E-state index contributed by atoms with van der Waals surface area (Å²) >= 11 is 5.61. The van der Waals surface area contributed by atoms with Crippen molar-refractivity contribution in [3.05, 3.63) is 33.3 Å². The van der Waals surface area contributed by atoms with Crippen LogP contribution in [-0.4, -0.2) is 44.2 Å². The zero-order chi connectivity index (χ0) is 15.5. The summed E-state index contributed by atoms with van der Waals surface area (Å²) in [6.45, 7) is -0.394. The second-order valence-electron chi connectivity index (χ2n) is 3.80. The van der Waals surface area contributed by atoms with Crippen molar-refractivity contribution in [1.29, 1.82) is 0 Å². The van der Waals surface area contributed by atoms with E-state index in [2.05, 4.69) is 5.32 Å². The Balaban J connectivity index is 3.19. The normalized spacial score (nSPS) is 11.4. The van der Waals surface area contributed by atoms with Gasteiger partial charge in [-0.15, -0.1) is 0 Å². The number of nitrogens with one attached hydrogen (secondary N) is 1. The Morgan fingerprint density at radius 1 is 1.50 bits per heavy atom. The highest BCUT2D eigenvalue weighted by molar-refractivity contribution is 7.89. The van der Waals surface area contributed by atoms with Crippen molar-refractivity contribution in [2.75, 3.05) is 20.6 Å². The Kier molecular flexibility index (Phi) is 5.03. The van der Waals surface area contributed by atoms with Gasteiger partial charge in [0.2, 0.25) is 15.9 Å². The fourth-order valence-corrected chi connectivity index (χ4v) is 2.67. The largest absolute Gasteiger partial charge is 0.358 e. The molecule has 8 nitrogen and oxygen atoms in total. The second kappa shape index (κ2) is 6.16. The van der Waals surface area contributed by atoms with Crippen molar-refractivity contribution in [3.8, 4) is 0 Å². The van der Waals surface area contributed by atoms with Crippen molar-refractivity contribution in [1.82, 2.24) is 9.62 Å². The lowest BCUT2D eigenvalue weighted by molar-refractivity contribution is -0.384. The summed E-state index contributed by atoms with van der Waals surface area (Å²) in [7, 11) is -1.44. The van der Waals surface area contributed by atoms with Gasteiger partial charge in [0.25, 0.3) is 5.69 Å². The molecule has 0 aliphatic heterocycles. The van der Waals surface area contributed by atoms with E-state index in [4.69, 9.17) is 11.6 Å². The number of sulfonamides is 1. The molecule has 0 heterocycles. The molecule has 0 aliphatic rings. The summed E-state index contributed by atoms with van der Waals surface area (Å²) in [5.74, 6) is -0.500. The van der Waals surface area contributed by atoms with Gasteiger partial charge >= 0.3 is 0 Å². The van der Waals surface area contributed by atoms with Crippen LogP contribution < -0.4 is 5.32 Å². The monoisotopic (exact) mass is 321 g/mol. The van der Waals surface area contributed by atoms with Crippen molar-refractivity contribution >= 4 is 33.2 Å². The Hall–Kier alpha value is -1.71. The van der Waals surface area contributed by atoms with Crippen LogP contribution in [0.25, 0.3) is 0 Å². The minimum atomic E-state index is -4.01. The number of nitro benzene ring substituents is 1. The number of hydrogen-bond acceptors (Lipinski definition) is 5. The number of hydrogen-bond donors (Lipinski definition) is 1. The maximum absolute atomic E-state index is 12.1. The predicted octanol–water partition coefficient (Wildman–Crippen LogP) is 0.615. The summed E-state index contributed by atoms with van der Waals surface area (Å²) in [6.07, 6.45) is 0. The average Bonchev–Trinajstić information content (AvgIpc) is 2.38. The van der Waals surface area contributed by atoms with Gasteiger partial charge in [-0.25, -0.2) is 8.42 Å². The quantitative estimate of drug-likeness (QED) is 0.631. The second-order valence-corrected chi connectivity index (χ2v) is 6.26. The van der Waals surface area contributed by atoms with Gasteiger partial charge in [-0.05, 0) is 12.1 Å². The molecule has 0 aliphatic carbocycles. The SMILES string of the molecule is CNC(=O)CN(C)S(=O)(=O)c1ccc(Cl)c([N+](=O)[O-])c1. The van der Waals surface area contributed by atoms with Crippen LogP contribution in [0.1, 0.15) is 0 Å². The molecular formula is C10H12ClN3O5S. The summed E-state index contributed by atoms with van der Waals surface area (Å²) < 4.78 is 25.1. The smallest absolute Gasteiger partial charge is 0.289 e. The molecule has 1 N–H and O–H groups in total. The predicted molar refractivity (Wildman–Crippen MR) is 72.0 cm³/mol. The van der Waals surface area contributed by atoms with Crippen LogP contribution in [-0.2, 0) is 14.8 Å². The molecule has 1 aromatic carbocycles. The number of nitrogens with zero attached hydrogens (tertiary/aromatic N) is 2. The Bertz CT molecular complexity index is 646. The summed E-state index contributed by atoms with van der Waals surface area (Å²) in [4.78, 5) is 20.8. The minimum absolute atomic E-state index is 0.164. The van der Waals surface area contributed by atoms with E-state index in [0.717, 1.165) is 22.5 Å². The number of halogens is 1. The molecule has 0 radical (unpaired) electrons. The lowest BCUT2D eigenvalue weighted by atomic mass is 10.3. The molecule has 0 aromatic heterocycles. The highest BCUT2D eigenvalue weighted by Gasteiger charge is 2.25. The molecule has 1 aromatic rings. The molecule has 1 rings (SSSR count). The molecule has 0 spiro atoms. The van der Waals surface area contributed by atoms with E-state index in [1.54, 1.807) is 0 Å². The van der Waals surface area contributed by atoms with Gasteiger partial charge in [-0.1, -0.05) is 11.6 Å². The van der Waals surface area contributed by atoms with E-state index in [-0.39, 0.29) is 9.92 Å². The molecule has 0 saturated heterocycles. The van der Waals surface area contributed by atoms with Crippen LogP contribution >= 0.6 is 11.6 Å². The third kappa shape index (κ3) is 3.44. The standard InChI is InChI=1S/C10H12ClN3O5S/c1-12-10(15)6-13(2)20(18,19)7-3-4-8(11)9(5-7)14(16)17/h3-5H,6H2,1-2H3,(H,12,15). The van der Waals surface area contributed by atoms with Crippen molar-refractivity contribution in [3.63, 3.8) is 0 Å². The van der Waals surface area contributed by atoms with Crippen molar-refractivity contribution < 1.29 is 18.1 Å². The van der Waals surface area contributed by atoms with E-state index in [1.807, 2.05) is 0 Å². The van der Waals surface area contributed by atoms with Gasteiger partial charge in [-0.2, -0.15) is 4.31 Å². The van der Waals surface area contributed by atoms with Gasteiger partial charge in [-0.3, -0.25) is 14.9 Å². The van der Waals surface area contributed by atoms with Crippen molar-refractivity contribution in [2.45, 2.75) is 4.90 Å². The average molecular weight is 322 g/mol. The first kappa shape index (κ1) is 16.3. The van der Waals surface area contributed by atoms with Crippen LogP contribution in [0.5, 0.6) is 0 Å². The van der Waals surface area contributed by atoms with Gasteiger partial charge in [0.1, 0.15) is 5.02 Å². The highest BCUT2D eigenvalue weighted by atomic mass is 35.5. The van der Waals surface area contributed by atoms with E-state index in [0.29, 0.717) is 0 Å². The fourth-order valence-electron chi connectivity index (χ4n) is 1.34. The van der Waals surface area contributed by atoms with Gasteiger partial charge in [0.05, 0.1) is 16.4 Å². The molecule has 1 amide bonds. The number of rotatable bonds is 5. The molecule has 0 fully saturated rings. The van der Waals surface area contributed by atoms with Gasteiger partial charge < -0.3 is 5.32 Å². The first-order valence-electron chi connectivity index (χ1n) is 5.31. The van der Waals surface area contributed by atoms with Crippen LogP contribution in [0.2, 0.25) is 5.02 Å². The molecule has 0 atom stereocenters. The zero-order valence-electron chi connectivity index (χ0n) is 10.7. The Morgan fingerprint density at radius 2 is 2.10 bits per heavy atom. The highest BCUT2D eigenvalue weighted by Crippen LogP contribution is 2.28. The lowest BCUT2D eigenvalue weighted by Gasteiger charge is -2.16. The van der Waals surface area contributed by atoms with E-state index in [9.17, 15) is 23.3 Å². The molecular weight excluding hydrogens is 310 g/mol. The number of carbonyl (C=O) groups is 1. The maximum atomic E-state index is 12.1. The number of nitro groups is 1. The van der Waals surface area contributed by atoms with E-state index in [1.165, 1.54) is 14.1 Å². The molecule has 10 heteroatoms. The molecule has 20 heavy (non-hydrogen) atoms. The molecule has 0 saturated carbocycles. The summed E-state index contributed by atoms with van der Waals surface area (Å²) in [5.41, 5.74) is -0.513. The van der Waals surface area contributed by atoms with Gasteiger partial charge in [0.15, 0.2) is 0 Å². The van der Waals surface area contributed by atoms with Crippen LogP contribution in [0.15, 0.2) is 23.1 Å². The summed E-state index contributed by atoms with van der Waals surface area (Å²) in [5, 5.41) is 12.9. The lowest BCUT2D eigenvalue weighted by Crippen LogP contribution is -2.36. The van der Waals surface area contributed by atoms with E-state index < -0.39 is 33.1 Å².